The number of aromatic nitrogens is 1. The second kappa shape index (κ2) is 3.16. The molecule has 2 amide bonds. The van der Waals surface area contributed by atoms with Gasteiger partial charge in [0.1, 0.15) is 0 Å². The van der Waals surface area contributed by atoms with E-state index in [2.05, 4.69) is 4.98 Å². The molecule has 6 nitrogen and oxygen atoms in total. The van der Waals surface area contributed by atoms with Gasteiger partial charge in [-0.3, -0.25) is 9.88 Å². The fourth-order valence-electron chi connectivity index (χ4n) is 1.28. The zero-order valence-electron chi connectivity index (χ0n) is 7.98. The predicted octanol–water partition coefficient (Wildman–Crippen LogP) is 0.636. The lowest BCUT2D eigenvalue weighted by atomic mass is 10.3. The molecule has 0 radical (unpaired) electrons. The van der Waals surface area contributed by atoms with Gasteiger partial charge in [0, 0.05) is 12.7 Å². The van der Waals surface area contributed by atoms with Crippen molar-refractivity contribution in [1.82, 2.24) is 4.98 Å². The van der Waals surface area contributed by atoms with Crippen LogP contribution in [0, 0.1) is 0 Å². The molecule has 2 aromatic rings. The number of nitrogens with two attached hydrogens (primary N) is 1. The molecule has 1 aromatic carbocycles. The quantitative estimate of drug-likeness (QED) is 0.718. The summed E-state index contributed by atoms with van der Waals surface area (Å²) in [4.78, 5) is 25.5. The van der Waals surface area contributed by atoms with Crippen molar-refractivity contribution in [2.75, 3.05) is 11.9 Å². The number of hydrogen-bond donors (Lipinski definition) is 2. The fourth-order valence-corrected chi connectivity index (χ4v) is 1.28. The summed E-state index contributed by atoms with van der Waals surface area (Å²) in [6.45, 7) is 0. The summed E-state index contributed by atoms with van der Waals surface area (Å²) in [6.07, 6.45) is 0. The lowest BCUT2D eigenvalue weighted by molar-refractivity contribution is 0.255. The third kappa shape index (κ3) is 1.56. The smallest absolute Gasteiger partial charge is 0.408 e. The maximum absolute atomic E-state index is 10.9. The Morgan fingerprint density at radius 3 is 2.93 bits per heavy atom. The van der Waals surface area contributed by atoms with Crippen LogP contribution in [0.15, 0.2) is 27.4 Å². The number of nitrogens with zero attached hydrogens (tertiary/aromatic N) is 1. The van der Waals surface area contributed by atoms with Crippen molar-refractivity contribution < 1.29 is 9.21 Å². The first-order valence-corrected chi connectivity index (χ1v) is 4.24. The number of carbonyl (C=O) groups excluding carboxylic acids is 1. The van der Waals surface area contributed by atoms with Crippen molar-refractivity contribution in [2.45, 2.75) is 0 Å². The topological polar surface area (TPSA) is 92.3 Å². The van der Waals surface area contributed by atoms with Crippen LogP contribution in [0.2, 0.25) is 0 Å². The van der Waals surface area contributed by atoms with Crippen LogP contribution in [-0.4, -0.2) is 18.1 Å². The van der Waals surface area contributed by atoms with E-state index in [-0.39, 0.29) is 0 Å². The van der Waals surface area contributed by atoms with Gasteiger partial charge in [-0.15, -0.1) is 0 Å². The molecule has 6 heteroatoms. The van der Waals surface area contributed by atoms with E-state index >= 15 is 0 Å². The first-order valence-electron chi connectivity index (χ1n) is 4.24. The summed E-state index contributed by atoms with van der Waals surface area (Å²) >= 11 is 0. The fraction of sp³-hybridized carbons (Fsp3) is 0.111. The number of fused-ring (bicyclic) bond motifs is 1. The van der Waals surface area contributed by atoms with Crippen LogP contribution in [0.25, 0.3) is 11.1 Å². The molecule has 0 fully saturated rings. The molecule has 0 spiro atoms. The Bertz CT molecular complexity index is 569. The van der Waals surface area contributed by atoms with Crippen LogP contribution >= 0.6 is 0 Å². The van der Waals surface area contributed by atoms with Gasteiger partial charge in [-0.1, -0.05) is 0 Å². The van der Waals surface area contributed by atoms with Gasteiger partial charge in [-0.05, 0) is 18.2 Å². The Hall–Kier alpha value is -2.24. The number of nitrogens with one attached hydrogen (secondary N) is 1. The zero-order valence-corrected chi connectivity index (χ0v) is 7.98. The molecule has 1 heterocycles. The number of rotatable bonds is 1. The van der Waals surface area contributed by atoms with Crippen LogP contribution in [0.3, 0.4) is 0 Å². The number of amides is 2. The molecular formula is C9H9N3O3. The lowest BCUT2D eigenvalue weighted by Crippen LogP contribution is -2.31. The first-order chi connectivity index (χ1) is 7.08. The van der Waals surface area contributed by atoms with Crippen molar-refractivity contribution in [1.29, 1.82) is 0 Å². The highest BCUT2D eigenvalue weighted by molar-refractivity contribution is 5.92. The van der Waals surface area contributed by atoms with Gasteiger partial charge in [-0.2, -0.15) is 0 Å². The van der Waals surface area contributed by atoms with Crippen LogP contribution in [-0.2, 0) is 0 Å². The number of urea groups is 1. The van der Waals surface area contributed by atoms with E-state index in [1.807, 2.05) is 0 Å². The summed E-state index contributed by atoms with van der Waals surface area (Å²) in [7, 11) is 1.54. The molecule has 2 rings (SSSR count). The van der Waals surface area contributed by atoms with Crippen molar-refractivity contribution in [3.63, 3.8) is 0 Å². The Kier molecular flexibility index (Phi) is 1.96. The third-order valence-corrected chi connectivity index (χ3v) is 2.12. The molecule has 0 aliphatic carbocycles. The van der Waals surface area contributed by atoms with Crippen molar-refractivity contribution in [2.24, 2.45) is 5.73 Å². The minimum Gasteiger partial charge on any atom is -0.408 e. The van der Waals surface area contributed by atoms with Crippen LogP contribution in [0.1, 0.15) is 0 Å². The molecule has 0 atom stereocenters. The minimum absolute atomic E-state index is 0.446. The van der Waals surface area contributed by atoms with Crippen molar-refractivity contribution in [3.05, 3.63) is 28.7 Å². The summed E-state index contributed by atoms with van der Waals surface area (Å²) in [6, 6.07) is 4.29. The average Bonchev–Trinajstić information content (AvgIpc) is 2.55. The standard InChI is InChI=1S/C9H9N3O3/c1-12(8(10)13)5-2-3-7-6(4-5)11-9(14)15-7/h2-4H,1H3,(H2,10,13)(H,11,14). The highest BCUT2D eigenvalue weighted by Crippen LogP contribution is 2.18. The number of benzene rings is 1. The normalized spacial score (nSPS) is 10.5. The average molecular weight is 207 g/mol. The number of oxazole rings is 1. The molecule has 1 aromatic heterocycles. The molecule has 78 valence electrons. The predicted molar refractivity (Wildman–Crippen MR) is 54.8 cm³/mol. The number of H-pyrrole nitrogens is 1. The molecule has 0 saturated carbocycles. The summed E-state index contributed by atoms with van der Waals surface area (Å²) in [5.41, 5.74) is 6.68. The van der Waals surface area contributed by atoms with E-state index in [1.54, 1.807) is 25.2 Å². The zero-order chi connectivity index (χ0) is 11.0. The number of carbonyl (C=O) groups is 1. The van der Waals surface area contributed by atoms with Gasteiger partial charge in [0.15, 0.2) is 5.58 Å². The summed E-state index contributed by atoms with van der Waals surface area (Å²) in [5.74, 6) is -0.524. The second-order valence-corrected chi connectivity index (χ2v) is 3.09. The maximum atomic E-state index is 10.9. The Labute approximate surface area is 84.3 Å². The second-order valence-electron chi connectivity index (χ2n) is 3.09. The third-order valence-electron chi connectivity index (χ3n) is 2.12. The van der Waals surface area contributed by atoms with E-state index in [9.17, 15) is 9.59 Å². The monoisotopic (exact) mass is 207 g/mol. The van der Waals surface area contributed by atoms with Crippen LogP contribution in [0.4, 0.5) is 10.5 Å². The number of anilines is 1. The molecule has 0 bridgehead atoms. The molecule has 3 N–H and O–H groups in total. The van der Waals surface area contributed by atoms with Gasteiger partial charge in [0.05, 0.1) is 5.52 Å². The van der Waals surface area contributed by atoms with E-state index in [4.69, 9.17) is 10.2 Å². The van der Waals surface area contributed by atoms with Crippen molar-refractivity contribution in [3.8, 4) is 0 Å². The Morgan fingerprint density at radius 1 is 1.53 bits per heavy atom. The van der Waals surface area contributed by atoms with Crippen LogP contribution in [0.5, 0.6) is 0 Å². The Balaban J connectivity index is 2.55. The van der Waals surface area contributed by atoms with E-state index < -0.39 is 11.8 Å². The molecule has 0 saturated heterocycles. The summed E-state index contributed by atoms with van der Waals surface area (Å²) < 4.78 is 4.82. The van der Waals surface area contributed by atoms with E-state index in [0.29, 0.717) is 16.8 Å². The number of aromatic amines is 1. The maximum Gasteiger partial charge on any atom is 0.417 e. The highest BCUT2D eigenvalue weighted by Gasteiger charge is 2.08. The van der Waals surface area contributed by atoms with Gasteiger partial charge >= 0.3 is 11.8 Å². The molecule has 0 unspecified atom stereocenters. The van der Waals surface area contributed by atoms with Gasteiger partial charge in [0.2, 0.25) is 0 Å². The first kappa shape index (κ1) is 9.32. The van der Waals surface area contributed by atoms with Crippen molar-refractivity contribution >= 4 is 22.8 Å². The SMILES string of the molecule is CN(C(N)=O)c1ccc2oc(=O)[nH]c2c1. The molecule has 15 heavy (non-hydrogen) atoms. The largest absolute Gasteiger partial charge is 0.417 e. The highest BCUT2D eigenvalue weighted by atomic mass is 16.4. The van der Waals surface area contributed by atoms with Crippen LogP contribution < -0.4 is 16.4 Å². The van der Waals surface area contributed by atoms with E-state index in [1.165, 1.54) is 4.90 Å². The summed E-state index contributed by atoms with van der Waals surface area (Å²) in [5, 5.41) is 0. The molecular weight excluding hydrogens is 198 g/mol. The van der Waals surface area contributed by atoms with Gasteiger partial charge in [0.25, 0.3) is 0 Å². The lowest BCUT2D eigenvalue weighted by Gasteiger charge is -2.13. The molecule has 0 aliphatic heterocycles. The minimum atomic E-state index is -0.569. The van der Waals surface area contributed by atoms with E-state index in [0.717, 1.165) is 0 Å². The number of primary amides is 1. The van der Waals surface area contributed by atoms with Gasteiger partial charge < -0.3 is 10.2 Å². The van der Waals surface area contributed by atoms with Gasteiger partial charge in [-0.25, -0.2) is 9.59 Å². The Morgan fingerprint density at radius 2 is 2.27 bits per heavy atom. The molecule has 0 aliphatic rings. The number of hydrogen-bond acceptors (Lipinski definition) is 3.